The van der Waals surface area contributed by atoms with Crippen LogP contribution < -0.4 is 5.32 Å². The van der Waals surface area contributed by atoms with Gasteiger partial charge in [0, 0.05) is 23.9 Å². The van der Waals surface area contributed by atoms with E-state index in [4.69, 9.17) is 9.72 Å². The fourth-order valence-electron chi connectivity index (χ4n) is 2.60. The number of aromatic nitrogens is 1. The molecule has 19 heavy (non-hydrogen) atoms. The van der Waals surface area contributed by atoms with Crippen LogP contribution in [0, 0.1) is 0 Å². The molecule has 1 N–H and O–H groups in total. The van der Waals surface area contributed by atoms with Crippen LogP contribution in [0.15, 0.2) is 0 Å². The predicted octanol–water partition coefficient (Wildman–Crippen LogP) is 3.76. The molecule has 2 aliphatic rings. The highest BCUT2D eigenvalue weighted by Gasteiger charge is 2.31. The van der Waals surface area contributed by atoms with Gasteiger partial charge in [-0.25, -0.2) is 4.98 Å². The predicted molar refractivity (Wildman–Crippen MR) is 78.6 cm³/mol. The maximum Gasteiger partial charge on any atom is 0.122 e. The second-order valence-corrected chi connectivity index (χ2v) is 6.78. The van der Waals surface area contributed by atoms with Gasteiger partial charge in [-0.3, -0.25) is 0 Å². The monoisotopic (exact) mass is 280 g/mol. The Kier molecular flexibility index (Phi) is 4.51. The van der Waals surface area contributed by atoms with Crippen molar-refractivity contribution in [3.63, 3.8) is 0 Å². The molecule has 0 bridgehead atoms. The van der Waals surface area contributed by atoms with Gasteiger partial charge in [-0.1, -0.05) is 13.3 Å². The molecule has 1 saturated carbocycles. The molecular formula is C15H24N2OS. The van der Waals surface area contributed by atoms with Crippen molar-refractivity contribution in [3.05, 3.63) is 15.6 Å². The zero-order valence-electron chi connectivity index (χ0n) is 11.8. The molecular weight excluding hydrogens is 256 g/mol. The minimum Gasteiger partial charge on any atom is -0.371 e. The normalized spacial score (nSPS) is 23.1. The summed E-state index contributed by atoms with van der Waals surface area (Å²) in [7, 11) is 0. The molecule has 1 aliphatic carbocycles. The largest absolute Gasteiger partial charge is 0.371 e. The fourth-order valence-corrected chi connectivity index (χ4v) is 3.80. The van der Waals surface area contributed by atoms with Crippen LogP contribution in [0.2, 0.25) is 0 Å². The summed E-state index contributed by atoms with van der Waals surface area (Å²) >= 11 is 1.88. The van der Waals surface area contributed by atoms with E-state index in [-0.39, 0.29) is 6.10 Å². The molecule has 2 fully saturated rings. The molecule has 4 heteroatoms. The number of hydrogen-bond donors (Lipinski definition) is 1. The number of hydrogen-bond acceptors (Lipinski definition) is 4. The van der Waals surface area contributed by atoms with Gasteiger partial charge in [0.25, 0.3) is 0 Å². The second kappa shape index (κ2) is 6.33. The summed E-state index contributed by atoms with van der Waals surface area (Å²) in [6.07, 6.45) is 7.80. The highest BCUT2D eigenvalue weighted by Crippen LogP contribution is 2.44. The molecule has 2 heterocycles. The average molecular weight is 280 g/mol. The molecule has 1 aromatic rings. The fraction of sp³-hybridized carbons (Fsp3) is 0.800. The number of nitrogens with zero attached hydrogens (tertiary/aromatic N) is 1. The van der Waals surface area contributed by atoms with Gasteiger partial charge in [0.15, 0.2) is 0 Å². The highest BCUT2D eigenvalue weighted by atomic mass is 32.1. The Balaban J connectivity index is 1.66. The van der Waals surface area contributed by atoms with Gasteiger partial charge in [-0.2, -0.15) is 0 Å². The van der Waals surface area contributed by atoms with Crippen LogP contribution in [0.1, 0.15) is 73.0 Å². The van der Waals surface area contributed by atoms with Gasteiger partial charge in [-0.05, 0) is 38.6 Å². The topological polar surface area (TPSA) is 34.1 Å². The molecule has 1 unspecified atom stereocenters. The molecule has 3 rings (SSSR count). The number of ether oxygens (including phenoxy) is 1. The van der Waals surface area contributed by atoms with E-state index in [0.717, 1.165) is 32.0 Å². The minimum absolute atomic E-state index is 0.284. The van der Waals surface area contributed by atoms with Gasteiger partial charge in [-0.15, -0.1) is 11.3 Å². The van der Waals surface area contributed by atoms with E-state index in [2.05, 4.69) is 12.2 Å². The van der Waals surface area contributed by atoms with Crippen molar-refractivity contribution in [1.29, 1.82) is 0 Å². The van der Waals surface area contributed by atoms with Crippen LogP contribution in [0.5, 0.6) is 0 Å². The third-order valence-corrected chi connectivity index (χ3v) is 5.07. The second-order valence-electron chi connectivity index (χ2n) is 5.67. The lowest BCUT2D eigenvalue weighted by atomic mass is 10.2. The van der Waals surface area contributed by atoms with E-state index in [1.807, 2.05) is 11.3 Å². The SMILES string of the molecule is CCCCNCc1sc(C2CCCO2)nc1C1CC1. The summed E-state index contributed by atoms with van der Waals surface area (Å²) in [5.74, 6) is 0.745. The summed E-state index contributed by atoms with van der Waals surface area (Å²) in [6, 6.07) is 0. The zero-order chi connectivity index (χ0) is 13.1. The average Bonchev–Trinajstić information content (AvgIpc) is 2.96. The minimum atomic E-state index is 0.284. The van der Waals surface area contributed by atoms with Gasteiger partial charge in [0.05, 0.1) is 5.69 Å². The molecule has 3 nitrogen and oxygen atoms in total. The van der Waals surface area contributed by atoms with Gasteiger partial charge < -0.3 is 10.1 Å². The van der Waals surface area contributed by atoms with Crippen LogP contribution in [-0.2, 0) is 11.3 Å². The molecule has 0 amide bonds. The van der Waals surface area contributed by atoms with E-state index in [0.29, 0.717) is 0 Å². The first-order valence-electron chi connectivity index (χ1n) is 7.70. The third kappa shape index (κ3) is 3.36. The molecule has 106 valence electrons. The van der Waals surface area contributed by atoms with Gasteiger partial charge in [0.1, 0.15) is 11.1 Å². The molecule has 1 saturated heterocycles. The maximum absolute atomic E-state index is 5.78. The van der Waals surface area contributed by atoms with Crippen LogP contribution in [-0.4, -0.2) is 18.1 Å². The van der Waals surface area contributed by atoms with Crippen molar-refractivity contribution in [2.45, 2.75) is 64.0 Å². The smallest absolute Gasteiger partial charge is 0.122 e. The van der Waals surface area contributed by atoms with Crippen molar-refractivity contribution < 1.29 is 4.74 Å². The van der Waals surface area contributed by atoms with Crippen LogP contribution in [0.25, 0.3) is 0 Å². The Morgan fingerprint density at radius 1 is 1.37 bits per heavy atom. The van der Waals surface area contributed by atoms with E-state index >= 15 is 0 Å². The number of thiazole rings is 1. The van der Waals surface area contributed by atoms with Crippen molar-refractivity contribution in [2.75, 3.05) is 13.2 Å². The molecule has 0 radical (unpaired) electrons. The van der Waals surface area contributed by atoms with Crippen LogP contribution in [0.3, 0.4) is 0 Å². The standard InChI is InChI=1S/C15H24N2OS/c1-2-3-8-16-10-13-14(11-6-7-11)17-15(19-13)12-5-4-9-18-12/h11-12,16H,2-10H2,1H3. The van der Waals surface area contributed by atoms with Crippen molar-refractivity contribution in [2.24, 2.45) is 0 Å². The van der Waals surface area contributed by atoms with E-state index in [1.165, 1.54) is 47.7 Å². The Hall–Kier alpha value is -0.450. The molecule has 0 spiro atoms. The third-order valence-electron chi connectivity index (χ3n) is 3.91. The lowest BCUT2D eigenvalue weighted by molar-refractivity contribution is 0.111. The maximum atomic E-state index is 5.78. The zero-order valence-corrected chi connectivity index (χ0v) is 12.6. The molecule has 1 aliphatic heterocycles. The first-order valence-corrected chi connectivity index (χ1v) is 8.52. The highest BCUT2D eigenvalue weighted by molar-refractivity contribution is 7.11. The summed E-state index contributed by atoms with van der Waals surface area (Å²) in [4.78, 5) is 6.37. The molecule has 1 aromatic heterocycles. The summed E-state index contributed by atoms with van der Waals surface area (Å²) < 4.78 is 5.78. The number of nitrogens with one attached hydrogen (secondary N) is 1. The van der Waals surface area contributed by atoms with Crippen LogP contribution >= 0.6 is 11.3 Å². The van der Waals surface area contributed by atoms with E-state index in [1.54, 1.807) is 0 Å². The summed E-state index contributed by atoms with van der Waals surface area (Å²) in [6.45, 7) is 5.26. The summed E-state index contributed by atoms with van der Waals surface area (Å²) in [5, 5.41) is 4.79. The summed E-state index contributed by atoms with van der Waals surface area (Å²) in [5.41, 5.74) is 1.37. The first kappa shape index (κ1) is 13.5. The van der Waals surface area contributed by atoms with Crippen molar-refractivity contribution in [3.8, 4) is 0 Å². The van der Waals surface area contributed by atoms with Gasteiger partial charge >= 0.3 is 0 Å². The van der Waals surface area contributed by atoms with E-state index in [9.17, 15) is 0 Å². The Labute approximate surface area is 119 Å². The lowest BCUT2D eigenvalue weighted by Crippen LogP contribution is -2.14. The first-order chi connectivity index (χ1) is 9.38. The Morgan fingerprint density at radius 2 is 2.26 bits per heavy atom. The Morgan fingerprint density at radius 3 is 2.95 bits per heavy atom. The van der Waals surface area contributed by atoms with Gasteiger partial charge in [0.2, 0.25) is 0 Å². The quantitative estimate of drug-likeness (QED) is 0.772. The lowest BCUT2D eigenvalue weighted by Gasteiger charge is -2.03. The number of rotatable bonds is 7. The number of unbranched alkanes of at least 4 members (excludes halogenated alkanes) is 1. The van der Waals surface area contributed by atoms with E-state index < -0.39 is 0 Å². The van der Waals surface area contributed by atoms with Crippen molar-refractivity contribution in [1.82, 2.24) is 10.3 Å². The Bertz CT molecular complexity index is 408. The van der Waals surface area contributed by atoms with Crippen molar-refractivity contribution >= 4 is 11.3 Å². The molecule has 1 atom stereocenters. The van der Waals surface area contributed by atoms with Crippen LogP contribution in [0.4, 0.5) is 0 Å². The molecule has 0 aromatic carbocycles.